The molecule has 2 aromatic heterocycles. The molecule has 64 heavy (non-hydrogen) atoms. The normalized spacial score (nSPS) is 12.2. The summed E-state index contributed by atoms with van der Waals surface area (Å²) in [6.07, 6.45) is 0. The molecule has 306 valence electrons. The minimum Gasteiger partial charge on any atom is -0.452 e. The molecule has 11 aromatic rings. The Labute approximate surface area is 371 Å². The van der Waals surface area contributed by atoms with Crippen molar-refractivity contribution >= 4 is 82.5 Å². The van der Waals surface area contributed by atoms with Gasteiger partial charge in [-0.15, -0.1) is 0 Å². The van der Waals surface area contributed by atoms with Crippen LogP contribution in [0.15, 0.2) is 179 Å². The number of fused-ring (bicyclic) bond motifs is 9. The topological polar surface area (TPSA) is 77.1 Å². The van der Waals surface area contributed by atoms with Crippen molar-refractivity contribution in [3.05, 3.63) is 209 Å². The average molecular weight is 826 g/mol. The molecular formula is C59H43N3O2. The van der Waals surface area contributed by atoms with Crippen LogP contribution in [0.3, 0.4) is 0 Å². The number of anilines is 3. The highest BCUT2D eigenvalue weighted by Gasteiger charge is 2.21. The first-order valence-corrected chi connectivity index (χ1v) is 21.9. The third-order valence-corrected chi connectivity index (χ3v) is 13.0. The molecule has 2 heterocycles. The van der Waals surface area contributed by atoms with Gasteiger partial charge in [0.15, 0.2) is 11.2 Å². The summed E-state index contributed by atoms with van der Waals surface area (Å²) >= 11 is 0. The molecule has 0 aliphatic heterocycles. The molecule has 11 rings (SSSR count). The van der Waals surface area contributed by atoms with Gasteiger partial charge in [-0.25, -0.2) is 0 Å². The Morgan fingerprint density at radius 1 is 0.375 bits per heavy atom. The van der Waals surface area contributed by atoms with Crippen LogP contribution in [-0.2, 0) is 0 Å². The van der Waals surface area contributed by atoms with Gasteiger partial charge in [0.1, 0.15) is 11.2 Å². The van der Waals surface area contributed by atoms with E-state index >= 15 is 0 Å². The standard InChI is InChI=1S/C59H43N3O2/c1-35(2)39-11-13-42(14-12-39)57(41-9-5-37(33-60)6-10-41)45-16-15-43-29-53-51-25-26-52-54-30-44-19-24-50(28-47(44)32-56(54)64-59(52)58(51)63-55(53)31-46(43)27-45)62(48-20-7-38(34-61)8-21-48)49-22-17-40(18-23-49)36(3)4/h5-32,35-36,57H,1-4H3. The SMILES string of the molecule is CC(C)c1ccc(C(c2ccc(C#N)cc2)c2ccc3cc4c(cc3c2)oc2c4ccc3c4cc5ccc(N(c6ccc(C#N)cc6)c6ccc(C(C)C)cc6)cc5cc4oc32)cc1. The summed E-state index contributed by atoms with van der Waals surface area (Å²) in [5, 5.41) is 27.5. The Kier molecular flexibility index (Phi) is 9.30. The molecular weight excluding hydrogens is 783 g/mol. The lowest BCUT2D eigenvalue weighted by Gasteiger charge is -2.26. The zero-order valence-electron chi connectivity index (χ0n) is 36.1. The maximum Gasteiger partial charge on any atom is 0.178 e. The Balaban J connectivity index is 1.00. The van der Waals surface area contributed by atoms with Gasteiger partial charge in [-0.3, -0.25) is 0 Å². The van der Waals surface area contributed by atoms with E-state index < -0.39 is 0 Å². The van der Waals surface area contributed by atoms with Crippen LogP contribution in [0, 0.1) is 22.7 Å². The summed E-state index contributed by atoms with van der Waals surface area (Å²) in [5.74, 6) is 0.860. The Morgan fingerprint density at radius 2 is 0.781 bits per heavy atom. The second-order valence-electron chi connectivity index (χ2n) is 17.6. The Hall–Kier alpha value is -8.12. The van der Waals surface area contributed by atoms with Crippen LogP contribution >= 0.6 is 0 Å². The molecule has 0 amide bonds. The zero-order chi connectivity index (χ0) is 43.6. The van der Waals surface area contributed by atoms with Crippen LogP contribution < -0.4 is 4.90 Å². The van der Waals surface area contributed by atoms with Crippen molar-refractivity contribution in [3.63, 3.8) is 0 Å². The minimum absolute atomic E-state index is 0.0122. The van der Waals surface area contributed by atoms with Crippen molar-refractivity contribution in [2.45, 2.75) is 45.4 Å². The second-order valence-corrected chi connectivity index (χ2v) is 17.6. The van der Waals surface area contributed by atoms with Gasteiger partial charge in [0.05, 0.1) is 23.3 Å². The van der Waals surface area contributed by atoms with Crippen molar-refractivity contribution < 1.29 is 8.83 Å². The van der Waals surface area contributed by atoms with E-state index in [1.165, 1.54) is 22.3 Å². The average Bonchev–Trinajstić information content (AvgIpc) is 3.88. The van der Waals surface area contributed by atoms with Crippen LogP contribution in [0.4, 0.5) is 17.1 Å². The predicted molar refractivity (Wildman–Crippen MR) is 262 cm³/mol. The summed E-state index contributed by atoms with van der Waals surface area (Å²) in [7, 11) is 0. The predicted octanol–water partition coefficient (Wildman–Crippen LogP) is 16.4. The quantitative estimate of drug-likeness (QED) is 0.143. The molecule has 1 atom stereocenters. The van der Waals surface area contributed by atoms with Gasteiger partial charge in [-0.05, 0) is 158 Å². The van der Waals surface area contributed by atoms with Crippen LogP contribution in [0.5, 0.6) is 0 Å². The van der Waals surface area contributed by atoms with Crippen molar-refractivity contribution in [2.24, 2.45) is 0 Å². The number of benzene rings is 9. The fraction of sp³-hybridized carbons (Fsp3) is 0.119. The first kappa shape index (κ1) is 38.8. The molecule has 1 unspecified atom stereocenters. The monoisotopic (exact) mass is 825 g/mol. The summed E-state index contributed by atoms with van der Waals surface area (Å²) in [6.45, 7) is 8.84. The molecule has 0 N–H and O–H groups in total. The molecule has 0 aliphatic carbocycles. The van der Waals surface area contributed by atoms with Gasteiger partial charge in [-0.1, -0.05) is 100 Å². The zero-order valence-corrected chi connectivity index (χ0v) is 36.1. The van der Waals surface area contributed by atoms with Crippen LogP contribution in [0.1, 0.15) is 84.4 Å². The number of nitrogens with zero attached hydrogens (tertiary/aromatic N) is 3. The molecule has 0 aliphatic rings. The molecule has 0 fully saturated rings. The largest absolute Gasteiger partial charge is 0.452 e. The number of furan rings is 2. The van der Waals surface area contributed by atoms with Crippen molar-refractivity contribution in [1.82, 2.24) is 0 Å². The summed E-state index contributed by atoms with van der Waals surface area (Å²) in [4.78, 5) is 2.23. The van der Waals surface area contributed by atoms with Gasteiger partial charge in [0, 0.05) is 44.5 Å². The lowest BCUT2D eigenvalue weighted by atomic mass is 9.83. The highest BCUT2D eigenvalue weighted by Crippen LogP contribution is 2.43. The number of rotatable bonds is 8. The van der Waals surface area contributed by atoms with E-state index in [0.29, 0.717) is 23.0 Å². The van der Waals surface area contributed by atoms with E-state index in [0.717, 1.165) is 88.0 Å². The Morgan fingerprint density at radius 3 is 1.30 bits per heavy atom. The Bertz CT molecular complexity index is 3430. The number of hydrogen-bond acceptors (Lipinski definition) is 5. The molecule has 5 nitrogen and oxygen atoms in total. The molecule has 0 saturated carbocycles. The van der Waals surface area contributed by atoms with Crippen molar-refractivity contribution in [3.8, 4) is 12.1 Å². The van der Waals surface area contributed by atoms with E-state index in [1.54, 1.807) is 0 Å². The fourth-order valence-corrected chi connectivity index (χ4v) is 9.42. The number of nitriles is 2. The maximum atomic E-state index is 9.52. The van der Waals surface area contributed by atoms with Gasteiger partial charge >= 0.3 is 0 Å². The molecule has 5 heteroatoms. The van der Waals surface area contributed by atoms with Gasteiger partial charge in [-0.2, -0.15) is 10.5 Å². The molecule has 0 radical (unpaired) electrons. The van der Waals surface area contributed by atoms with Gasteiger partial charge in [0.25, 0.3) is 0 Å². The van der Waals surface area contributed by atoms with E-state index in [-0.39, 0.29) is 5.92 Å². The molecule has 0 saturated heterocycles. The van der Waals surface area contributed by atoms with Gasteiger partial charge in [0.2, 0.25) is 0 Å². The lowest BCUT2D eigenvalue weighted by molar-refractivity contribution is 0.634. The minimum atomic E-state index is -0.0122. The molecule has 9 aromatic carbocycles. The maximum absolute atomic E-state index is 9.52. The second kappa shape index (κ2) is 15.3. The van der Waals surface area contributed by atoms with Gasteiger partial charge < -0.3 is 13.7 Å². The summed E-state index contributed by atoms with van der Waals surface area (Å²) in [5.41, 5.74) is 13.5. The highest BCUT2D eigenvalue weighted by atomic mass is 16.4. The lowest BCUT2D eigenvalue weighted by Crippen LogP contribution is -2.10. The summed E-state index contributed by atoms with van der Waals surface area (Å²) in [6, 6.07) is 64.2. The van der Waals surface area contributed by atoms with E-state index in [1.807, 2.05) is 36.4 Å². The molecule has 0 spiro atoms. The molecule has 0 bridgehead atoms. The van der Waals surface area contributed by atoms with E-state index in [9.17, 15) is 10.5 Å². The van der Waals surface area contributed by atoms with Crippen LogP contribution in [-0.4, -0.2) is 0 Å². The third-order valence-electron chi connectivity index (χ3n) is 13.0. The summed E-state index contributed by atoms with van der Waals surface area (Å²) < 4.78 is 13.5. The van der Waals surface area contributed by atoms with Crippen molar-refractivity contribution in [1.29, 1.82) is 10.5 Å². The number of hydrogen-bond donors (Lipinski definition) is 0. The fourth-order valence-electron chi connectivity index (χ4n) is 9.42. The first-order chi connectivity index (χ1) is 31.2. The van der Waals surface area contributed by atoms with Crippen molar-refractivity contribution in [2.75, 3.05) is 4.90 Å². The van der Waals surface area contributed by atoms with Crippen LogP contribution in [0.2, 0.25) is 0 Å². The smallest absolute Gasteiger partial charge is 0.178 e. The van der Waals surface area contributed by atoms with E-state index in [4.69, 9.17) is 8.83 Å². The highest BCUT2D eigenvalue weighted by molar-refractivity contribution is 6.21. The van der Waals surface area contributed by atoms with E-state index in [2.05, 4.69) is 178 Å². The van der Waals surface area contributed by atoms with Crippen LogP contribution in [0.25, 0.3) is 65.4 Å². The third kappa shape index (κ3) is 6.62. The first-order valence-electron chi connectivity index (χ1n) is 21.9.